The van der Waals surface area contributed by atoms with Gasteiger partial charge < -0.3 is 15.1 Å². The predicted octanol–water partition coefficient (Wildman–Crippen LogP) is 1.75. The molecule has 0 radical (unpaired) electrons. The number of hydrogen-bond acceptors (Lipinski definition) is 3. The summed E-state index contributed by atoms with van der Waals surface area (Å²) in [7, 11) is 1.78. The van der Waals surface area contributed by atoms with Gasteiger partial charge in [-0.2, -0.15) is 0 Å². The van der Waals surface area contributed by atoms with Crippen molar-refractivity contribution in [1.29, 1.82) is 0 Å². The highest BCUT2D eigenvalue weighted by molar-refractivity contribution is 6.07. The molecule has 0 bridgehead atoms. The maximum Gasteiger partial charge on any atom is 0.236 e. The van der Waals surface area contributed by atoms with E-state index in [1.54, 1.807) is 11.9 Å². The molecule has 1 atom stereocenters. The van der Waals surface area contributed by atoms with Crippen molar-refractivity contribution < 1.29 is 15.0 Å². The molecule has 0 aliphatic carbocycles. The Morgan fingerprint density at radius 3 is 2.68 bits per heavy atom. The van der Waals surface area contributed by atoms with E-state index in [1.807, 2.05) is 32.0 Å². The zero-order valence-electron chi connectivity index (χ0n) is 11.7. The van der Waals surface area contributed by atoms with Crippen molar-refractivity contribution in [2.45, 2.75) is 38.2 Å². The van der Waals surface area contributed by atoms with Crippen LogP contribution in [0.25, 0.3) is 0 Å². The molecule has 0 aromatic heterocycles. The van der Waals surface area contributed by atoms with Gasteiger partial charge in [-0.3, -0.25) is 4.79 Å². The van der Waals surface area contributed by atoms with Crippen LogP contribution in [0.2, 0.25) is 0 Å². The molecule has 0 saturated carbocycles. The monoisotopic (exact) mass is 263 g/mol. The second-order valence-electron chi connectivity index (χ2n) is 5.65. The van der Waals surface area contributed by atoms with E-state index in [0.717, 1.165) is 16.8 Å². The fraction of sp³-hybridized carbons (Fsp3) is 0.533. The van der Waals surface area contributed by atoms with Crippen molar-refractivity contribution in [2.24, 2.45) is 0 Å². The number of aliphatic hydroxyl groups is 2. The number of fused-ring (bicyclic) bond motifs is 1. The zero-order chi connectivity index (χ0) is 14.2. The minimum atomic E-state index is -0.589. The summed E-state index contributed by atoms with van der Waals surface area (Å²) in [6.07, 6.45) is 0.509. The molecule has 19 heavy (non-hydrogen) atoms. The molecule has 1 aliphatic heterocycles. The lowest BCUT2D eigenvalue weighted by molar-refractivity contribution is -0.121. The molecule has 1 amide bonds. The van der Waals surface area contributed by atoms with E-state index in [1.165, 1.54) is 0 Å². The van der Waals surface area contributed by atoms with Gasteiger partial charge in [0.05, 0.1) is 11.5 Å². The highest BCUT2D eigenvalue weighted by Gasteiger charge is 2.42. The zero-order valence-corrected chi connectivity index (χ0v) is 11.7. The summed E-state index contributed by atoms with van der Waals surface area (Å²) in [5.74, 6) is 0.0736. The lowest BCUT2D eigenvalue weighted by Crippen LogP contribution is -2.33. The Labute approximate surface area is 113 Å². The summed E-state index contributed by atoms with van der Waals surface area (Å²) in [5, 5.41) is 18.9. The van der Waals surface area contributed by atoms with E-state index < -0.39 is 11.5 Å². The van der Waals surface area contributed by atoms with Crippen molar-refractivity contribution in [2.75, 3.05) is 18.6 Å². The van der Waals surface area contributed by atoms with Crippen LogP contribution >= 0.6 is 0 Å². The van der Waals surface area contributed by atoms with E-state index in [2.05, 4.69) is 0 Å². The number of carbonyl (C=O) groups excluding carboxylic acids is 1. The van der Waals surface area contributed by atoms with Crippen molar-refractivity contribution in [3.05, 3.63) is 29.3 Å². The smallest absolute Gasteiger partial charge is 0.236 e. The largest absolute Gasteiger partial charge is 0.396 e. The Kier molecular flexibility index (Phi) is 3.65. The van der Waals surface area contributed by atoms with Gasteiger partial charge >= 0.3 is 0 Å². The minimum absolute atomic E-state index is 0.0736. The molecule has 0 spiro atoms. The van der Waals surface area contributed by atoms with E-state index in [-0.39, 0.29) is 12.5 Å². The number of rotatable bonds is 4. The van der Waals surface area contributed by atoms with Gasteiger partial charge in [-0.05, 0) is 43.9 Å². The van der Waals surface area contributed by atoms with Crippen LogP contribution < -0.4 is 4.90 Å². The third-order valence-corrected chi connectivity index (χ3v) is 3.92. The molecule has 1 aromatic carbocycles. The average molecular weight is 263 g/mol. The molecular formula is C15H21NO3. The van der Waals surface area contributed by atoms with Gasteiger partial charge in [0.15, 0.2) is 0 Å². The Balaban J connectivity index is 2.35. The number of hydrogen-bond donors (Lipinski definition) is 2. The van der Waals surface area contributed by atoms with Gasteiger partial charge in [-0.15, -0.1) is 0 Å². The molecule has 1 aromatic rings. The number of benzene rings is 1. The predicted molar refractivity (Wildman–Crippen MR) is 74.2 cm³/mol. The number of likely N-dealkylation sites (N-methyl/N-ethyl adjacent to an activating group) is 1. The molecule has 4 nitrogen and oxygen atoms in total. The van der Waals surface area contributed by atoms with Gasteiger partial charge in [0.1, 0.15) is 0 Å². The number of amides is 1. The van der Waals surface area contributed by atoms with Crippen LogP contribution in [0.5, 0.6) is 0 Å². The molecular weight excluding hydrogens is 242 g/mol. The number of anilines is 1. The third kappa shape index (κ3) is 2.26. The first-order valence-corrected chi connectivity index (χ1v) is 6.61. The molecule has 4 heteroatoms. The Morgan fingerprint density at radius 1 is 1.37 bits per heavy atom. The van der Waals surface area contributed by atoms with Crippen LogP contribution in [0.4, 0.5) is 5.69 Å². The quantitative estimate of drug-likeness (QED) is 0.870. The molecule has 2 rings (SSSR count). The Hall–Kier alpha value is -1.39. The fourth-order valence-corrected chi connectivity index (χ4v) is 2.65. The third-order valence-electron chi connectivity index (χ3n) is 3.92. The van der Waals surface area contributed by atoms with Crippen LogP contribution in [0.1, 0.15) is 43.9 Å². The minimum Gasteiger partial charge on any atom is -0.396 e. The normalized spacial score (nSPS) is 18.6. The number of carbonyl (C=O) groups is 1. The van der Waals surface area contributed by atoms with Crippen molar-refractivity contribution in [1.82, 2.24) is 0 Å². The lowest BCUT2D eigenvalue weighted by atomic mass is 9.84. The van der Waals surface area contributed by atoms with Crippen LogP contribution in [0, 0.1) is 0 Å². The Bertz CT molecular complexity index is 496. The summed E-state index contributed by atoms with van der Waals surface area (Å²) in [5.41, 5.74) is 2.13. The van der Waals surface area contributed by atoms with Gasteiger partial charge in [0.25, 0.3) is 0 Å². The first-order chi connectivity index (χ1) is 8.89. The van der Waals surface area contributed by atoms with Crippen LogP contribution in [0.3, 0.4) is 0 Å². The summed E-state index contributed by atoms with van der Waals surface area (Å²) in [6, 6.07) is 5.66. The topological polar surface area (TPSA) is 60.8 Å². The summed E-state index contributed by atoms with van der Waals surface area (Å²) >= 11 is 0. The Morgan fingerprint density at radius 2 is 2.05 bits per heavy atom. The standard InChI is InChI=1S/C15H21NO3/c1-15(2)11-9-10(13(18)5-4-8-17)6-7-12(11)16(3)14(15)19/h6-7,9,13,17-18H,4-5,8H2,1-3H3. The molecule has 0 saturated heterocycles. The average Bonchev–Trinajstić information content (AvgIpc) is 2.57. The molecule has 1 unspecified atom stereocenters. The summed E-state index contributed by atoms with van der Waals surface area (Å²) in [6.45, 7) is 3.89. The van der Waals surface area contributed by atoms with E-state index >= 15 is 0 Å². The van der Waals surface area contributed by atoms with E-state index in [4.69, 9.17) is 5.11 Å². The molecule has 104 valence electrons. The maximum absolute atomic E-state index is 12.2. The van der Waals surface area contributed by atoms with Crippen LogP contribution in [-0.4, -0.2) is 29.8 Å². The second kappa shape index (κ2) is 4.94. The maximum atomic E-state index is 12.2. The van der Waals surface area contributed by atoms with Gasteiger partial charge in [0.2, 0.25) is 5.91 Å². The van der Waals surface area contributed by atoms with Crippen molar-refractivity contribution >= 4 is 11.6 Å². The number of nitrogens with zero attached hydrogens (tertiary/aromatic N) is 1. The first-order valence-electron chi connectivity index (χ1n) is 6.61. The summed E-state index contributed by atoms with van der Waals surface area (Å²) in [4.78, 5) is 13.8. The lowest BCUT2D eigenvalue weighted by Gasteiger charge is -2.17. The first kappa shape index (κ1) is 14.0. The van der Waals surface area contributed by atoms with Gasteiger partial charge in [-0.1, -0.05) is 12.1 Å². The van der Waals surface area contributed by atoms with Gasteiger partial charge in [-0.25, -0.2) is 0 Å². The highest BCUT2D eigenvalue weighted by atomic mass is 16.3. The summed E-state index contributed by atoms with van der Waals surface area (Å²) < 4.78 is 0. The van der Waals surface area contributed by atoms with Crippen molar-refractivity contribution in [3.63, 3.8) is 0 Å². The van der Waals surface area contributed by atoms with Crippen LogP contribution in [-0.2, 0) is 10.2 Å². The SMILES string of the molecule is CN1C(=O)C(C)(C)c2cc(C(O)CCCO)ccc21. The molecule has 0 fully saturated rings. The van der Waals surface area contributed by atoms with Crippen LogP contribution in [0.15, 0.2) is 18.2 Å². The fourth-order valence-electron chi connectivity index (χ4n) is 2.65. The second-order valence-corrected chi connectivity index (χ2v) is 5.65. The molecule has 2 N–H and O–H groups in total. The highest BCUT2D eigenvalue weighted by Crippen LogP contribution is 2.41. The van der Waals surface area contributed by atoms with Crippen molar-refractivity contribution in [3.8, 4) is 0 Å². The molecule has 1 heterocycles. The number of aliphatic hydroxyl groups excluding tert-OH is 2. The molecule has 1 aliphatic rings. The van der Waals surface area contributed by atoms with E-state index in [9.17, 15) is 9.90 Å². The van der Waals surface area contributed by atoms with Gasteiger partial charge in [0, 0.05) is 19.3 Å². The van der Waals surface area contributed by atoms with E-state index in [0.29, 0.717) is 12.8 Å².